The van der Waals surface area contributed by atoms with Gasteiger partial charge >= 0.3 is 5.97 Å². The van der Waals surface area contributed by atoms with Crippen LogP contribution >= 0.6 is 0 Å². The van der Waals surface area contributed by atoms with Crippen LogP contribution in [-0.2, 0) is 4.79 Å². The lowest BCUT2D eigenvalue weighted by molar-refractivity contribution is -0.139. The average molecular weight is 227 g/mol. The maximum atomic E-state index is 10.5. The van der Waals surface area contributed by atoms with Crippen molar-refractivity contribution in [3.8, 4) is 0 Å². The Labute approximate surface area is 98.8 Å². The normalized spacial score (nSPS) is 17.3. The van der Waals surface area contributed by atoms with Gasteiger partial charge in [0.25, 0.3) is 0 Å². The highest BCUT2D eigenvalue weighted by molar-refractivity contribution is 5.67. The van der Waals surface area contributed by atoms with Gasteiger partial charge in [-0.25, -0.2) is 0 Å². The summed E-state index contributed by atoms with van der Waals surface area (Å²) in [6, 6.07) is 0. The quantitative estimate of drug-likeness (QED) is 0.616. The average Bonchev–Trinajstić information content (AvgIpc) is 2.18. The van der Waals surface area contributed by atoms with Crippen molar-refractivity contribution in [2.75, 3.05) is 19.6 Å². The molecule has 0 spiro atoms. The van der Waals surface area contributed by atoms with E-state index in [2.05, 4.69) is 11.8 Å². The Morgan fingerprint density at radius 2 is 1.81 bits per heavy atom. The van der Waals surface area contributed by atoms with Crippen molar-refractivity contribution in [2.24, 2.45) is 5.92 Å². The third-order valence-corrected chi connectivity index (χ3v) is 3.32. The molecule has 1 rings (SSSR count). The maximum absolute atomic E-state index is 10.5. The Bertz CT molecular complexity index is 200. The highest BCUT2D eigenvalue weighted by Gasteiger charge is 2.27. The van der Waals surface area contributed by atoms with Crippen molar-refractivity contribution in [3.05, 3.63) is 0 Å². The molecule has 0 bridgehead atoms. The van der Waals surface area contributed by atoms with E-state index in [-0.39, 0.29) is 0 Å². The van der Waals surface area contributed by atoms with E-state index in [9.17, 15) is 4.79 Å². The molecule has 3 heteroatoms. The van der Waals surface area contributed by atoms with Crippen LogP contribution in [0, 0.1) is 5.92 Å². The van der Waals surface area contributed by atoms with Crippen molar-refractivity contribution in [3.63, 3.8) is 0 Å². The topological polar surface area (TPSA) is 40.5 Å². The fraction of sp³-hybridized carbons (Fsp3) is 0.923. The zero-order chi connectivity index (χ0) is 11.8. The molecule has 3 nitrogen and oxygen atoms in total. The van der Waals surface area contributed by atoms with Crippen LogP contribution < -0.4 is 0 Å². The number of nitrogens with zero attached hydrogens (tertiary/aromatic N) is 1. The van der Waals surface area contributed by atoms with Crippen LogP contribution in [0.25, 0.3) is 0 Å². The molecule has 0 radical (unpaired) electrons. The predicted molar refractivity (Wildman–Crippen MR) is 65.6 cm³/mol. The molecule has 1 saturated heterocycles. The van der Waals surface area contributed by atoms with Crippen LogP contribution in [0.15, 0.2) is 0 Å². The Kier molecular flexibility index (Phi) is 6.46. The first-order valence-corrected chi connectivity index (χ1v) is 6.66. The number of aliphatic carboxylic acids is 1. The second kappa shape index (κ2) is 7.66. The van der Waals surface area contributed by atoms with E-state index in [1.54, 1.807) is 0 Å². The van der Waals surface area contributed by atoms with E-state index in [1.165, 1.54) is 45.1 Å². The zero-order valence-corrected chi connectivity index (χ0v) is 10.5. The monoisotopic (exact) mass is 227 g/mol. The molecule has 1 heterocycles. The molecule has 1 aliphatic heterocycles. The summed E-state index contributed by atoms with van der Waals surface area (Å²) in [6.07, 6.45) is 8.38. The summed E-state index contributed by atoms with van der Waals surface area (Å²) >= 11 is 0. The summed E-state index contributed by atoms with van der Waals surface area (Å²) in [4.78, 5) is 12.8. The lowest BCUT2D eigenvalue weighted by Gasteiger charge is -2.38. The Morgan fingerprint density at radius 3 is 2.44 bits per heavy atom. The number of hydrogen-bond acceptors (Lipinski definition) is 2. The number of carboxylic acids is 1. The van der Waals surface area contributed by atoms with Crippen molar-refractivity contribution in [2.45, 2.75) is 51.9 Å². The molecule has 0 atom stereocenters. The first-order chi connectivity index (χ1) is 7.72. The van der Waals surface area contributed by atoms with Gasteiger partial charge in [-0.05, 0) is 18.9 Å². The SMILES string of the molecule is CCCCCCCCN1CC(CC(=O)O)C1. The Hall–Kier alpha value is -0.570. The second-order valence-corrected chi connectivity index (χ2v) is 4.99. The van der Waals surface area contributed by atoms with Crippen molar-refractivity contribution >= 4 is 5.97 Å². The van der Waals surface area contributed by atoms with Gasteiger partial charge in [0.05, 0.1) is 6.42 Å². The van der Waals surface area contributed by atoms with Crippen molar-refractivity contribution in [1.82, 2.24) is 4.90 Å². The smallest absolute Gasteiger partial charge is 0.303 e. The van der Waals surface area contributed by atoms with Crippen molar-refractivity contribution in [1.29, 1.82) is 0 Å². The van der Waals surface area contributed by atoms with Gasteiger partial charge in [-0.3, -0.25) is 4.79 Å². The van der Waals surface area contributed by atoms with Crippen LogP contribution in [-0.4, -0.2) is 35.6 Å². The molecule has 0 saturated carbocycles. The van der Waals surface area contributed by atoms with Crippen LogP contribution in [0.4, 0.5) is 0 Å². The van der Waals surface area contributed by atoms with Gasteiger partial charge in [0.15, 0.2) is 0 Å². The summed E-state index contributed by atoms with van der Waals surface area (Å²) in [5.41, 5.74) is 0. The van der Waals surface area contributed by atoms with Crippen LogP contribution in [0.3, 0.4) is 0 Å². The minimum atomic E-state index is -0.649. The van der Waals surface area contributed by atoms with Crippen LogP contribution in [0.1, 0.15) is 51.9 Å². The number of unbranched alkanes of at least 4 members (excludes halogenated alkanes) is 5. The molecule has 1 fully saturated rings. The largest absolute Gasteiger partial charge is 0.481 e. The summed E-state index contributed by atoms with van der Waals surface area (Å²) in [5, 5.41) is 8.61. The highest BCUT2D eigenvalue weighted by atomic mass is 16.4. The molecule has 1 aliphatic rings. The minimum Gasteiger partial charge on any atom is -0.481 e. The van der Waals surface area contributed by atoms with Gasteiger partial charge in [0.2, 0.25) is 0 Å². The van der Waals surface area contributed by atoms with Gasteiger partial charge in [-0.1, -0.05) is 39.0 Å². The Balaban J connectivity index is 1.84. The lowest BCUT2D eigenvalue weighted by atomic mass is 9.96. The van der Waals surface area contributed by atoms with E-state index in [0.29, 0.717) is 12.3 Å². The minimum absolute atomic E-state index is 0.354. The summed E-state index contributed by atoms with van der Waals surface area (Å²) in [5.74, 6) is -0.234. The van der Waals surface area contributed by atoms with E-state index in [1.807, 2.05) is 0 Å². The van der Waals surface area contributed by atoms with Crippen LogP contribution in [0.2, 0.25) is 0 Å². The fourth-order valence-electron chi connectivity index (χ4n) is 2.35. The fourth-order valence-corrected chi connectivity index (χ4v) is 2.35. The summed E-state index contributed by atoms with van der Waals surface area (Å²) in [7, 11) is 0. The molecule has 16 heavy (non-hydrogen) atoms. The van der Waals surface area contributed by atoms with Crippen LogP contribution in [0.5, 0.6) is 0 Å². The molecule has 1 N–H and O–H groups in total. The standard InChI is InChI=1S/C13H25NO2/c1-2-3-4-5-6-7-8-14-10-12(11-14)9-13(15)16/h12H,2-11H2,1H3,(H,15,16). The van der Waals surface area contributed by atoms with E-state index < -0.39 is 5.97 Å². The number of hydrogen-bond donors (Lipinski definition) is 1. The first-order valence-electron chi connectivity index (χ1n) is 6.66. The molecular formula is C13H25NO2. The van der Waals surface area contributed by atoms with Gasteiger partial charge in [0, 0.05) is 13.1 Å². The van der Waals surface area contributed by atoms with Gasteiger partial charge < -0.3 is 10.0 Å². The second-order valence-electron chi connectivity index (χ2n) is 4.99. The van der Waals surface area contributed by atoms with E-state index in [4.69, 9.17) is 5.11 Å². The molecule has 0 aromatic heterocycles. The lowest BCUT2D eigenvalue weighted by Crippen LogP contribution is -2.47. The Morgan fingerprint density at radius 1 is 1.19 bits per heavy atom. The number of carboxylic acid groups (broad SMARTS) is 1. The van der Waals surface area contributed by atoms with Gasteiger partial charge in [-0.2, -0.15) is 0 Å². The molecular weight excluding hydrogens is 202 g/mol. The molecule has 0 unspecified atom stereocenters. The first kappa shape index (κ1) is 13.5. The molecule has 0 aromatic carbocycles. The number of rotatable bonds is 9. The molecule has 0 amide bonds. The zero-order valence-electron chi connectivity index (χ0n) is 10.5. The maximum Gasteiger partial charge on any atom is 0.303 e. The summed E-state index contributed by atoms with van der Waals surface area (Å²) in [6.45, 7) is 5.41. The number of likely N-dealkylation sites (tertiary alicyclic amines) is 1. The van der Waals surface area contributed by atoms with Gasteiger partial charge in [-0.15, -0.1) is 0 Å². The van der Waals surface area contributed by atoms with E-state index >= 15 is 0 Å². The predicted octanol–water partition coefficient (Wildman–Crippen LogP) is 2.75. The third kappa shape index (κ3) is 5.50. The third-order valence-electron chi connectivity index (χ3n) is 3.32. The van der Waals surface area contributed by atoms with Gasteiger partial charge in [0.1, 0.15) is 0 Å². The molecule has 0 aliphatic carbocycles. The molecule has 94 valence electrons. The molecule has 0 aromatic rings. The summed E-state index contributed by atoms with van der Waals surface area (Å²) < 4.78 is 0. The van der Waals surface area contributed by atoms with E-state index in [0.717, 1.165) is 13.1 Å². The highest BCUT2D eigenvalue weighted by Crippen LogP contribution is 2.19. The number of carbonyl (C=O) groups is 1. The van der Waals surface area contributed by atoms with Crippen molar-refractivity contribution < 1.29 is 9.90 Å².